The van der Waals surface area contributed by atoms with Crippen LogP contribution in [-0.2, 0) is 6.54 Å². The minimum Gasteiger partial charge on any atom is -0.311 e. The van der Waals surface area contributed by atoms with Crippen molar-refractivity contribution in [3.05, 3.63) is 16.1 Å². The van der Waals surface area contributed by atoms with E-state index in [1.807, 2.05) is 6.20 Å². The molecule has 0 radical (unpaired) electrons. The lowest BCUT2D eigenvalue weighted by atomic mass is 10.2. The average Bonchev–Trinajstić information content (AvgIpc) is 2.77. The lowest BCUT2D eigenvalue weighted by Crippen LogP contribution is -2.22. The van der Waals surface area contributed by atoms with Gasteiger partial charge in [-0.3, -0.25) is 0 Å². The fraction of sp³-hybridized carbons (Fsp3) is 0.700. The van der Waals surface area contributed by atoms with Crippen LogP contribution in [0.2, 0.25) is 0 Å². The Morgan fingerprint density at radius 1 is 1.64 bits per heavy atom. The molecule has 1 saturated heterocycles. The molecular weight excluding hydrogens is 212 g/mol. The van der Waals surface area contributed by atoms with Crippen molar-refractivity contribution in [1.29, 1.82) is 0 Å². The monoisotopic (exact) mass is 228 g/mol. The quantitative estimate of drug-likeness (QED) is 0.857. The summed E-state index contributed by atoms with van der Waals surface area (Å²) in [5.74, 6) is 1.35. The van der Waals surface area contributed by atoms with E-state index in [0.717, 1.165) is 23.3 Å². The first kappa shape index (κ1) is 10.5. The van der Waals surface area contributed by atoms with Crippen molar-refractivity contribution in [3.8, 4) is 0 Å². The van der Waals surface area contributed by atoms with Crippen molar-refractivity contribution in [1.82, 2.24) is 10.3 Å². The maximum atomic E-state index is 4.24. The summed E-state index contributed by atoms with van der Waals surface area (Å²) in [7, 11) is 0. The number of nitrogens with zero attached hydrogens (tertiary/aromatic N) is 1. The summed E-state index contributed by atoms with van der Waals surface area (Å²) in [6.45, 7) is 4.20. The minimum atomic E-state index is 0.851. The standard InChI is InChI=1S/C10H16N2S2/c1-8-12-7-10(14-8)6-11-5-9-3-2-4-13-9/h7,9,11H,2-6H2,1H3. The van der Waals surface area contributed by atoms with Gasteiger partial charge in [0.15, 0.2) is 0 Å². The van der Waals surface area contributed by atoms with Crippen LogP contribution in [-0.4, -0.2) is 22.5 Å². The van der Waals surface area contributed by atoms with Crippen molar-refractivity contribution >= 4 is 23.1 Å². The van der Waals surface area contributed by atoms with E-state index in [-0.39, 0.29) is 0 Å². The fourth-order valence-electron chi connectivity index (χ4n) is 1.65. The Labute approximate surface area is 93.5 Å². The second kappa shape index (κ2) is 5.14. The minimum absolute atomic E-state index is 0.851. The van der Waals surface area contributed by atoms with Gasteiger partial charge in [0.1, 0.15) is 0 Å². The highest BCUT2D eigenvalue weighted by molar-refractivity contribution is 8.00. The van der Waals surface area contributed by atoms with E-state index in [2.05, 4.69) is 29.0 Å². The third-order valence-corrected chi connectivity index (χ3v) is 4.68. The number of hydrogen-bond donors (Lipinski definition) is 1. The molecule has 1 fully saturated rings. The SMILES string of the molecule is Cc1ncc(CNCC2CCCS2)s1. The Kier molecular flexibility index (Phi) is 3.84. The molecule has 0 aromatic carbocycles. The van der Waals surface area contributed by atoms with Gasteiger partial charge in [-0.1, -0.05) is 0 Å². The summed E-state index contributed by atoms with van der Waals surface area (Å²) < 4.78 is 0. The van der Waals surface area contributed by atoms with E-state index in [4.69, 9.17) is 0 Å². The number of aryl methyl sites for hydroxylation is 1. The Bertz CT molecular complexity index is 279. The first-order valence-electron chi connectivity index (χ1n) is 5.08. The van der Waals surface area contributed by atoms with Crippen LogP contribution in [0.3, 0.4) is 0 Å². The lowest BCUT2D eigenvalue weighted by molar-refractivity contribution is 0.650. The largest absolute Gasteiger partial charge is 0.311 e. The summed E-state index contributed by atoms with van der Waals surface area (Å²) >= 11 is 3.90. The first-order chi connectivity index (χ1) is 6.84. The van der Waals surface area contributed by atoms with E-state index in [1.54, 1.807) is 11.3 Å². The average molecular weight is 228 g/mol. The molecule has 14 heavy (non-hydrogen) atoms. The number of thioether (sulfide) groups is 1. The molecule has 4 heteroatoms. The second-order valence-corrected chi connectivity index (χ2v) is 6.34. The van der Waals surface area contributed by atoms with Gasteiger partial charge >= 0.3 is 0 Å². The van der Waals surface area contributed by atoms with Crippen molar-refractivity contribution in [2.45, 2.75) is 31.6 Å². The summed E-state index contributed by atoms with van der Waals surface area (Å²) in [5, 5.41) is 5.52. The van der Waals surface area contributed by atoms with Gasteiger partial charge < -0.3 is 5.32 Å². The summed E-state index contributed by atoms with van der Waals surface area (Å²) in [6.07, 6.45) is 4.77. The molecule has 0 amide bonds. The topological polar surface area (TPSA) is 24.9 Å². The van der Waals surface area contributed by atoms with Crippen molar-refractivity contribution in [3.63, 3.8) is 0 Å². The van der Waals surface area contributed by atoms with Crippen LogP contribution in [0.5, 0.6) is 0 Å². The molecule has 2 rings (SSSR count). The molecule has 1 aliphatic heterocycles. The fourth-order valence-corrected chi connectivity index (χ4v) is 3.65. The summed E-state index contributed by atoms with van der Waals surface area (Å²) in [4.78, 5) is 5.59. The smallest absolute Gasteiger partial charge is 0.0897 e. The molecule has 0 bridgehead atoms. The van der Waals surface area contributed by atoms with Crippen LogP contribution < -0.4 is 5.32 Å². The molecule has 2 heterocycles. The molecule has 1 N–H and O–H groups in total. The zero-order valence-electron chi connectivity index (χ0n) is 8.45. The Balaban J connectivity index is 1.67. The number of hydrogen-bond acceptors (Lipinski definition) is 4. The zero-order chi connectivity index (χ0) is 9.80. The van der Waals surface area contributed by atoms with E-state index in [1.165, 1.54) is 23.5 Å². The van der Waals surface area contributed by atoms with Gasteiger partial charge in [-0.05, 0) is 25.5 Å². The highest BCUT2D eigenvalue weighted by atomic mass is 32.2. The molecule has 0 saturated carbocycles. The van der Waals surface area contributed by atoms with Crippen molar-refractivity contribution in [2.75, 3.05) is 12.3 Å². The van der Waals surface area contributed by atoms with Gasteiger partial charge in [-0.25, -0.2) is 4.98 Å². The van der Waals surface area contributed by atoms with Crippen LogP contribution in [0.4, 0.5) is 0 Å². The molecule has 78 valence electrons. The highest BCUT2D eigenvalue weighted by Crippen LogP contribution is 2.25. The van der Waals surface area contributed by atoms with Crippen LogP contribution >= 0.6 is 23.1 Å². The maximum Gasteiger partial charge on any atom is 0.0897 e. The molecule has 1 unspecified atom stereocenters. The molecule has 1 atom stereocenters. The highest BCUT2D eigenvalue weighted by Gasteiger charge is 2.14. The van der Waals surface area contributed by atoms with E-state index < -0.39 is 0 Å². The van der Waals surface area contributed by atoms with Gasteiger partial charge in [0.05, 0.1) is 5.01 Å². The third-order valence-electron chi connectivity index (χ3n) is 2.36. The Morgan fingerprint density at radius 2 is 2.57 bits per heavy atom. The van der Waals surface area contributed by atoms with Crippen LogP contribution in [0.15, 0.2) is 6.20 Å². The molecule has 1 aromatic heterocycles. The number of thiazole rings is 1. The van der Waals surface area contributed by atoms with Crippen LogP contribution in [0.1, 0.15) is 22.7 Å². The van der Waals surface area contributed by atoms with E-state index >= 15 is 0 Å². The second-order valence-electron chi connectivity index (χ2n) is 3.61. The summed E-state index contributed by atoms with van der Waals surface area (Å²) in [6, 6.07) is 0. The first-order valence-corrected chi connectivity index (χ1v) is 6.95. The Hall–Kier alpha value is -0.0600. The van der Waals surface area contributed by atoms with Crippen molar-refractivity contribution in [2.24, 2.45) is 0 Å². The number of rotatable bonds is 4. The Morgan fingerprint density at radius 3 is 3.21 bits per heavy atom. The predicted molar refractivity (Wildman–Crippen MR) is 64.0 cm³/mol. The molecule has 0 spiro atoms. The van der Waals surface area contributed by atoms with E-state index in [9.17, 15) is 0 Å². The molecule has 0 aliphatic carbocycles. The normalized spacial score (nSPS) is 21.6. The molecular formula is C10H16N2S2. The van der Waals surface area contributed by atoms with Crippen molar-refractivity contribution < 1.29 is 0 Å². The number of aromatic nitrogens is 1. The lowest BCUT2D eigenvalue weighted by Gasteiger charge is -2.08. The van der Waals surface area contributed by atoms with Crippen LogP contribution in [0, 0.1) is 6.92 Å². The molecule has 2 nitrogen and oxygen atoms in total. The van der Waals surface area contributed by atoms with Gasteiger partial charge in [-0.15, -0.1) is 11.3 Å². The van der Waals surface area contributed by atoms with Crippen LogP contribution in [0.25, 0.3) is 0 Å². The summed E-state index contributed by atoms with van der Waals surface area (Å²) in [5.41, 5.74) is 0. The van der Waals surface area contributed by atoms with Gasteiger partial charge in [0.2, 0.25) is 0 Å². The predicted octanol–water partition coefficient (Wildman–Crippen LogP) is 2.44. The number of nitrogens with one attached hydrogen (secondary N) is 1. The van der Waals surface area contributed by atoms with Gasteiger partial charge in [0, 0.05) is 29.4 Å². The van der Waals surface area contributed by atoms with Gasteiger partial charge in [-0.2, -0.15) is 11.8 Å². The molecule has 1 aliphatic rings. The third kappa shape index (κ3) is 2.97. The maximum absolute atomic E-state index is 4.24. The van der Waals surface area contributed by atoms with E-state index in [0.29, 0.717) is 0 Å². The molecule has 1 aromatic rings. The van der Waals surface area contributed by atoms with Gasteiger partial charge in [0.25, 0.3) is 0 Å². The zero-order valence-corrected chi connectivity index (χ0v) is 10.1.